The van der Waals surface area contributed by atoms with Crippen LogP contribution in [0, 0.1) is 0 Å². The lowest BCUT2D eigenvalue weighted by Crippen LogP contribution is -2.29. The molecule has 0 fully saturated rings. The normalized spacial score (nSPS) is 12.9. The lowest BCUT2D eigenvalue weighted by Gasteiger charge is -2.18. The van der Waals surface area contributed by atoms with E-state index in [0.717, 1.165) is 10.9 Å². The van der Waals surface area contributed by atoms with Gasteiger partial charge in [-0.3, -0.25) is 0 Å². The molecule has 1 aromatic heterocycles. The van der Waals surface area contributed by atoms with E-state index in [4.69, 9.17) is 21.4 Å². The Morgan fingerprint density at radius 3 is 2.83 bits per heavy atom. The number of hydrogen-bond acceptors (Lipinski definition) is 4. The van der Waals surface area contributed by atoms with Crippen LogP contribution in [0.15, 0.2) is 12.1 Å². The van der Waals surface area contributed by atoms with E-state index in [-0.39, 0.29) is 0 Å². The molecule has 0 bridgehead atoms. The minimum Gasteiger partial charge on any atom is -0.479 e. The molecule has 4 nitrogen and oxygen atoms in total. The van der Waals surface area contributed by atoms with Gasteiger partial charge in [-0.2, -0.15) is 0 Å². The van der Waals surface area contributed by atoms with Crippen molar-refractivity contribution in [2.24, 2.45) is 0 Å². The Labute approximate surface area is 116 Å². The Balaban J connectivity index is 2.35. The summed E-state index contributed by atoms with van der Waals surface area (Å²) >= 11 is 7.40. The lowest BCUT2D eigenvalue weighted by molar-refractivity contribution is -0.150. The zero-order valence-corrected chi connectivity index (χ0v) is 12.1. The van der Waals surface area contributed by atoms with Crippen LogP contribution in [0.3, 0.4) is 0 Å². The number of nitrogens with zero attached hydrogens (tertiary/aromatic N) is 1. The monoisotopic (exact) mass is 291 g/mol. The van der Waals surface area contributed by atoms with Gasteiger partial charge in [-0.25, -0.2) is 4.79 Å². The first kappa shape index (κ1) is 15.4. The number of halogens is 1. The van der Waals surface area contributed by atoms with Crippen LogP contribution in [0.5, 0.6) is 0 Å². The Kier molecular flexibility index (Phi) is 6.63. The summed E-state index contributed by atoms with van der Waals surface area (Å²) < 4.78 is 5.94. The van der Waals surface area contributed by atoms with Crippen molar-refractivity contribution in [2.45, 2.75) is 26.0 Å². The highest BCUT2D eigenvalue weighted by atomic mass is 35.5. The molecule has 0 saturated carbocycles. The predicted molar refractivity (Wildman–Crippen MR) is 73.3 cm³/mol. The third-order valence-electron chi connectivity index (χ3n) is 2.47. The Hall–Kier alpha value is -0.620. The maximum atomic E-state index is 10.9. The number of hydrogen-bond donors (Lipinski definition) is 1. The highest BCUT2D eigenvalue weighted by molar-refractivity contribution is 7.16. The van der Waals surface area contributed by atoms with Gasteiger partial charge in [0.15, 0.2) is 6.10 Å². The van der Waals surface area contributed by atoms with Crippen molar-refractivity contribution in [2.75, 3.05) is 20.2 Å². The predicted octanol–water partition coefficient (Wildman–Crippen LogP) is 2.71. The topological polar surface area (TPSA) is 49.8 Å². The largest absolute Gasteiger partial charge is 0.479 e. The first-order chi connectivity index (χ1) is 8.52. The van der Waals surface area contributed by atoms with Gasteiger partial charge in [-0.05, 0) is 32.5 Å². The van der Waals surface area contributed by atoms with Crippen LogP contribution in [0.2, 0.25) is 4.34 Å². The molecule has 102 valence electrons. The fraction of sp³-hybridized carbons (Fsp3) is 0.583. The van der Waals surface area contributed by atoms with Gasteiger partial charge in [0.25, 0.3) is 0 Å². The minimum absolute atomic E-state index is 0.418. The molecule has 1 atom stereocenters. The van der Waals surface area contributed by atoms with Gasteiger partial charge >= 0.3 is 5.97 Å². The zero-order chi connectivity index (χ0) is 13.5. The van der Waals surface area contributed by atoms with Gasteiger partial charge in [0, 0.05) is 24.6 Å². The van der Waals surface area contributed by atoms with Crippen molar-refractivity contribution in [1.29, 1.82) is 0 Å². The summed E-state index contributed by atoms with van der Waals surface area (Å²) in [5.74, 6) is -0.899. The van der Waals surface area contributed by atoms with Crippen LogP contribution < -0.4 is 0 Å². The maximum absolute atomic E-state index is 10.9. The van der Waals surface area contributed by atoms with Crippen molar-refractivity contribution in [3.63, 3.8) is 0 Å². The van der Waals surface area contributed by atoms with Crippen LogP contribution in [0.4, 0.5) is 0 Å². The van der Waals surface area contributed by atoms with E-state index < -0.39 is 12.1 Å². The molecule has 1 unspecified atom stereocenters. The van der Waals surface area contributed by atoms with Gasteiger partial charge in [0.1, 0.15) is 0 Å². The Morgan fingerprint density at radius 2 is 2.33 bits per heavy atom. The highest BCUT2D eigenvalue weighted by Gasteiger charge is 2.17. The number of ether oxygens (including phenoxy) is 1. The molecule has 18 heavy (non-hydrogen) atoms. The van der Waals surface area contributed by atoms with Gasteiger partial charge in [0.05, 0.1) is 4.34 Å². The third-order valence-corrected chi connectivity index (χ3v) is 3.69. The number of carbonyl (C=O) groups is 1. The Morgan fingerprint density at radius 1 is 1.61 bits per heavy atom. The lowest BCUT2D eigenvalue weighted by atomic mass is 10.2. The number of thiophene rings is 1. The number of carboxylic acids is 1. The van der Waals surface area contributed by atoms with Crippen LogP contribution in [0.1, 0.15) is 18.2 Å². The molecule has 0 aromatic carbocycles. The van der Waals surface area contributed by atoms with Crippen LogP contribution in [0.25, 0.3) is 0 Å². The molecule has 0 aliphatic heterocycles. The second-order valence-electron chi connectivity index (χ2n) is 4.01. The Bertz CT molecular complexity index is 383. The standard InChI is InChI=1S/C12H18ClNO3S/c1-3-17-10(12(15)16)6-7-14(2)8-9-4-5-11(13)18-9/h4-5,10H,3,6-8H2,1-2H3,(H,15,16). The smallest absolute Gasteiger partial charge is 0.332 e. The molecule has 0 aliphatic carbocycles. The van der Waals surface area contributed by atoms with Crippen LogP contribution >= 0.6 is 22.9 Å². The summed E-state index contributed by atoms with van der Waals surface area (Å²) in [5.41, 5.74) is 0. The third kappa shape index (κ3) is 5.35. The van der Waals surface area contributed by atoms with Crippen molar-refractivity contribution >= 4 is 28.9 Å². The van der Waals surface area contributed by atoms with Crippen molar-refractivity contribution in [3.8, 4) is 0 Å². The van der Waals surface area contributed by atoms with E-state index in [1.165, 1.54) is 4.88 Å². The van der Waals surface area contributed by atoms with E-state index >= 15 is 0 Å². The molecular weight excluding hydrogens is 274 g/mol. The quantitative estimate of drug-likeness (QED) is 0.800. The first-order valence-electron chi connectivity index (χ1n) is 5.80. The average molecular weight is 292 g/mol. The average Bonchev–Trinajstić information content (AvgIpc) is 2.69. The molecular formula is C12H18ClNO3S. The van der Waals surface area contributed by atoms with Gasteiger partial charge in [-0.15, -0.1) is 11.3 Å². The molecule has 1 aromatic rings. The fourth-order valence-electron chi connectivity index (χ4n) is 1.60. The SMILES string of the molecule is CCOC(CCN(C)Cc1ccc(Cl)s1)C(=O)O. The molecule has 0 spiro atoms. The molecule has 6 heteroatoms. The summed E-state index contributed by atoms with van der Waals surface area (Å²) in [4.78, 5) is 14.1. The maximum Gasteiger partial charge on any atom is 0.332 e. The van der Waals surface area contributed by atoms with Crippen molar-refractivity contribution in [3.05, 3.63) is 21.3 Å². The molecule has 0 amide bonds. The summed E-state index contributed by atoms with van der Waals surface area (Å²) in [6.45, 7) is 3.66. The van der Waals surface area contributed by atoms with Crippen molar-refractivity contribution in [1.82, 2.24) is 4.90 Å². The van der Waals surface area contributed by atoms with Gasteiger partial charge in [-0.1, -0.05) is 11.6 Å². The number of carboxylic acid groups (broad SMARTS) is 1. The number of rotatable bonds is 8. The minimum atomic E-state index is -0.899. The summed E-state index contributed by atoms with van der Waals surface area (Å²) in [5, 5.41) is 8.95. The molecule has 1 N–H and O–H groups in total. The first-order valence-corrected chi connectivity index (χ1v) is 6.99. The summed E-state index contributed by atoms with van der Waals surface area (Å²) in [7, 11) is 1.96. The zero-order valence-electron chi connectivity index (χ0n) is 10.6. The summed E-state index contributed by atoms with van der Waals surface area (Å²) in [6.07, 6.45) is -0.233. The van der Waals surface area contributed by atoms with Crippen molar-refractivity contribution < 1.29 is 14.6 Å². The molecule has 0 saturated heterocycles. The molecule has 0 radical (unpaired) electrons. The molecule has 0 aliphatic rings. The van der Waals surface area contributed by atoms with E-state index in [1.54, 1.807) is 18.3 Å². The number of aliphatic carboxylic acids is 1. The van der Waals surface area contributed by atoms with Gasteiger partial charge < -0.3 is 14.7 Å². The van der Waals surface area contributed by atoms with E-state index in [0.29, 0.717) is 19.6 Å². The van der Waals surface area contributed by atoms with E-state index in [1.807, 2.05) is 19.2 Å². The second kappa shape index (κ2) is 7.74. The summed E-state index contributed by atoms with van der Waals surface area (Å²) in [6, 6.07) is 3.86. The second-order valence-corrected chi connectivity index (χ2v) is 5.81. The molecule has 1 rings (SSSR count). The van der Waals surface area contributed by atoms with E-state index in [9.17, 15) is 4.79 Å². The highest BCUT2D eigenvalue weighted by Crippen LogP contribution is 2.22. The van der Waals surface area contributed by atoms with Gasteiger partial charge in [0.2, 0.25) is 0 Å². The fourth-order valence-corrected chi connectivity index (χ4v) is 2.77. The van der Waals surface area contributed by atoms with Crippen LogP contribution in [-0.2, 0) is 16.1 Å². The molecule has 1 heterocycles. The van der Waals surface area contributed by atoms with Crippen LogP contribution in [-0.4, -0.2) is 42.3 Å². The van der Waals surface area contributed by atoms with E-state index in [2.05, 4.69) is 4.90 Å².